The van der Waals surface area contributed by atoms with Crippen molar-refractivity contribution in [2.24, 2.45) is 0 Å². The number of nitrogens with zero attached hydrogens (tertiary/aromatic N) is 4. The number of hydrogen-bond acceptors (Lipinski definition) is 5. The van der Waals surface area contributed by atoms with Crippen LogP contribution in [0.1, 0.15) is 46.6 Å². The molecule has 0 radical (unpaired) electrons. The number of fused-ring (bicyclic) bond motifs is 1. The van der Waals surface area contributed by atoms with Gasteiger partial charge in [0.2, 0.25) is 5.91 Å². The van der Waals surface area contributed by atoms with Gasteiger partial charge in [0.15, 0.2) is 0 Å². The van der Waals surface area contributed by atoms with Crippen LogP contribution in [0.3, 0.4) is 0 Å². The fourth-order valence-electron chi connectivity index (χ4n) is 4.29. The summed E-state index contributed by atoms with van der Waals surface area (Å²) in [4.78, 5) is 26.5. The SMILES string of the molecule is Cc1nn(Cc2ccc(F)cc2)c2sc(C(=O)Nc3cnn(CC(=O)NC4CCCC4)c3)cc12. The molecule has 10 heteroatoms. The summed E-state index contributed by atoms with van der Waals surface area (Å²) >= 11 is 1.35. The molecule has 0 spiro atoms. The highest BCUT2D eigenvalue weighted by molar-refractivity contribution is 7.20. The molecule has 0 unspecified atom stereocenters. The van der Waals surface area contributed by atoms with Gasteiger partial charge in [0, 0.05) is 17.6 Å². The number of amides is 2. The van der Waals surface area contributed by atoms with Crippen LogP contribution >= 0.6 is 11.3 Å². The van der Waals surface area contributed by atoms with Gasteiger partial charge in [-0.25, -0.2) is 4.39 Å². The lowest BCUT2D eigenvalue weighted by molar-refractivity contribution is -0.122. The van der Waals surface area contributed by atoms with Crippen LogP contribution in [0.15, 0.2) is 42.7 Å². The number of anilines is 1. The molecular weight excluding hydrogens is 455 g/mol. The molecule has 3 aromatic heterocycles. The summed E-state index contributed by atoms with van der Waals surface area (Å²) in [5, 5.41) is 15.6. The lowest BCUT2D eigenvalue weighted by atomic mass is 10.2. The van der Waals surface area contributed by atoms with Gasteiger partial charge in [-0.2, -0.15) is 10.2 Å². The van der Waals surface area contributed by atoms with Crippen LogP contribution in [0.5, 0.6) is 0 Å². The average Bonchev–Trinajstić information content (AvgIpc) is 3.58. The van der Waals surface area contributed by atoms with E-state index in [9.17, 15) is 14.0 Å². The standard InChI is InChI=1S/C24H25FN6O2S/c1-15-20-10-21(34-24(20)31(29-15)12-16-6-8-17(25)9-7-16)23(33)28-19-11-26-30(13-19)14-22(32)27-18-4-2-3-5-18/h6-11,13,18H,2-5,12,14H2,1H3,(H,27,32)(H,28,33). The molecule has 8 nitrogen and oxygen atoms in total. The lowest BCUT2D eigenvalue weighted by Crippen LogP contribution is -2.35. The van der Waals surface area contributed by atoms with Crippen molar-refractivity contribution < 1.29 is 14.0 Å². The van der Waals surface area contributed by atoms with Crippen LogP contribution in [0.25, 0.3) is 10.2 Å². The van der Waals surface area contributed by atoms with E-state index in [1.165, 1.54) is 34.3 Å². The van der Waals surface area contributed by atoms with Crippen LogP contribution in [0.4, 0.5) is 10.1 Å². The first-order valence-electron chi connectivity index (χ1n) is 11.3. The summed E-state index contributed by atoms with van der Waals surface area (Å²) in [5.41, 5.74) is 2.28. The molecule has 5 rings (SSSR count). The summed E-state index contributed by atoms with van der Waals surface area (Å²) in [6.45, 7) is 2.51. The zero-order chi connectivity index (χ0) is 23.7. The molecule has 0 atom stereocenters. The average molecular weight is 481 g/mol. The third kappa shape index (κ3) is 4.86. The van der Waals surface area contributed by atoms with Gasteiger partial charge >= 0.3 is 0 Å². The minimum absolute atomic E-state index is 0.0708. The Bertz CT molecular complexity index is 1330. The number of rotatable bonds is 7. The molecule has 1 aliphatic rings. The summed E-state index contributed by atoms with van der Waals surface area (Å²) in [6, 6.07) is 8.40. The monoisotopic (exact) mass is 480 g/mol. The first kappa shape index (κ1) is 22.3. The summed E-state index contributed by atoms with van der Waals surface area (Å²) in [6.07, 6.45) is 7.57. The number of carbonyl (C=O) groups is 2. The quantitative estimate of drug-likeness (QED) is 0.416. The molecule has 1 fully saturated rings. The van der Waals surface area contributed by atoms with Gasteiger partial charge < -0.3 is 10.6 Å². The molecule has 2 N–H and O–H groups in total. The normalized spacial score (nSPS) is 14.1. The van der Waals surface area contributed by atoms with Crippen molar-refractivity contribution in [2.75, 3.05) is 5.32 Å². The molecule has 3 heterocycles. The van der Waals surface area contributed by atoms with Crippen LogP contribution < -0.4 is 10.6 Å². The number of aryl methyl sites for hydroxylation is 1. The van der Waals surface area contributed by atoms with Crippen molar-refractivity contribution in [3.63, 3.8) is 0 Å². The highest BCUT2D eigenvalue weighted by Crippen LogP contribution is 2.29. The van der Waals surface area contributed by atoms with Crippen LogP contribution in [-0.4, -0.2) is 37.4 Å². The Morgan fingerprint density at radius 1 is 1.21 bits per heavy atom. The third-order valence-electron chi connectivity index (χ3n) is 5.99. The van der Waals surface area contributed by atoms with Gasteiger partial charge in [0.05, 0.1) is 29.0 Å². The van der Waals surface area contributed by atoms with Crippen molar-refractivity contribution in [3.8, 4) is 0 Å². The molecule has 4 aromatic rings. The Labute approximate surface area is 199 Å². The van der Waals surface area contributed by atoms with E-state index in [-0.39, 0.29) is 30.2 Å². The van der Waals surface area contributed by atoms with E-state index in [4.69, 9.17) is 0 Å². The van der Waals surface area contributed by atoms with E-state index in [2.05, 4.69) is 20.8 Å². The van der Waals surface area contributed by atoms with E-state index in [1.54, 1.807) is 18.3 Å². The van der Waals surface area contributed by atoms with E-state index >= 15 is 0 Å². The van der Waals surface area contributed by atoms with Crippen molar-refractivity contribution in [1.29, 1.82) is 0 Å². The first-order valence-corrected chi connectivity index (χ1v) is 12.1. The van der Waals surface area contributed by atoms with Crippen LogP contribution in [0.2, 0.25) is 0 Å². The maximum Gasteiger partial charge on any atom is 0.265 e. The number of nitrogens with one attached hydrogen (secondary N) is 2. The summed E-state index contributed by atoms with van der Waals surface area (Å²) in [5.74, 6) is -0.596. The molecule has 34 heavy (non-hydrogen) atoms. The molecule has 1 aliphatic carbocycles. The van der Waals surface area contributed by atoms with Gasteiger partial charge in [0.25, 0.3) is 5.91 Å². The van der Waals surface area contributed by atoms with Crippen molar-refractivity contribution in [3.05, 3.63) is 64.7 Å². The number of carbonyl (C=O) groups excluding carboxylic acids is 2. The fraction of sp³-hybridized carbons (Fsp3) is 0.333. The second kappa shape index (κ2) is 9.38. The molecule has 0 saturated heterocycles. The third-order valence-corrected chi connectivity index (χ3v) is 7.14. The minimum atomic E-state index is -0.279. The predicted octanol–water partition coefficient (Wildman–Crippen LogP) is 4.10. The number of benzene rings is 1. The molecule has 176 valence electrons. The number of hydrogen-bond donors (Lipinski definition) is 2. The molecule has 1 aromatic carbocycles. The topological polar surface area (TPSA) is 93.8 Å². The smallest absolute Gasteiger partial charge is 0.265 e. The Hall–Kier alpha value is -3.53. The second-order valence-corrected chi connectivity index (χ2v) is 9.66. The number of aromatic nitrogens is 4. The van der Waals surface area contributed by atoms with Crippen LogP contribution in [-0.2, 0) is 17.9 Å². The van der Waals surface area contributed by atoms with Gasteiger partial charge in [0.1, 0.15) is 17.2 Å². The molecular formula is C24H25FN6O2S. The highest BCUT2D eigenvalue weighted by atomic mass is 32.1. The van der Waals surface area contributed by atoms with Gasteiger partial charge in [-0.05, 0) is 43.5 Å². The Morgan fingerprint density at radius 3 is 2.74 bits per heavy atom. The fourth-order valence-corrected chi connectivity index (χ4v) is 5.35. The van der Waals surface area contributed by atoms with Gasteiger partial charge in [-0.15, -0.1) is 11.3 Å². The maximum absolute atomic E-state index is 13.2. The van der Waals surface area contributed by atoms with Gasteiger partial charge in [-0.3, -0.25) is 19.0 Å². The zero-order valence-corrected chi connectivity index (χ0v) is 19.6. The Balaban J connectivity index is 1.25. The summed E-state index contributed by atoms with van der Waals surface area (Å²) in [7, 11) is 0. The summed E-state index contributed by atoms with van der Waals surface area (Å²) < 4.78 is 16.6. The molecule has 0 aliphatic heterocycles. The minimum Gasteiger partial charge on any atom is -0.352 e. The van der Waals surface area contributed by atoms with Crippen LogP contribution in [0, 0.1) is 12.7 Å². The maximum atomic E-state index is 13.2. The molecule has 0 bridgehead atoms. The van der Waals surface area contributed by atoms with Crippen molar-refractivity contribution in [2.45, 2.75) is 51.7 Å². The van der Waals surface area contributed by atoms with Crippen molar-refractivity contribution >= 4 is 39.1 Å². The number of thiophene rings is 1. The van der Waals surface area contributed by atoms with E-state index in [0.29, 0.717) is 17.1 Å². The van der Waals surface area contributed by atoms with E-state index < -0.39 is 0 Å². The van der Waals surface area contributed by atoms with Gasteiger partial charge in [-0.1, -0.05) is 25.0 Å². The van der Waals surface area contributed by atoms with E-state index in [1.807, 2.05) is 17.7 Å². The molecule has 1 saturated carbocycles. The molecule has 2 amide bonds. The Kier molecular flexibility index (Phi) is 6.14. The Morgan fingerprint density at radius 2 is 1.97 bits per heavy atom. The lowest BCUT2D eigenvalue weighted by Gasteiger charge is -2.11. The predicted molar refractivity (Wildman–Crippen MR) is 128 cm³/mol. The zero-order valence-electron chi connectivity index (χ0n) is 18.8. The van der Waals surface area contributed by atoms with Crippen molar-refractivity contribution in [1.82, 2.24) is 24.9 Å². The van der Waals surface area contributed by atoms with E-state index in [0.717, 1.165) is 47.2 Å². The second-order valence-electron chi connectivity index (χ2n) is 8.63. The largest absolute Gasteiger partial charge is 0.352 e. The highest BCUT2D eigenvalue weighted by Gasteiger charge is 2.19. The first-order chi connectivity index (χ1) is 16.4. The number of halogens is 1.